The highest BCUT2D eigenvalue weighted by Crippen LogP contribution is 2.15. The third-order valence-electron chi connectivity index (χ3n) is 3.37. The molecule has 1 rings (SSSR count). The summed E-state index contributed by atoms with van der Waals surface area (Å²) in [6.45, 7) is 5.77. The van der Waals surface area contributed by atoms with Crippen LogP contribution in [0.5, 0.6) is 0 Å². The first-order valence-electron chi connectivity index (χ1n) is 6.61. The molecule has 2 atom stereocenters. The molecule has 0 aliphatic carbocycles. The zero-order valence-electron chi connectivity index (χ0n) is 12.4. The number of methoxy groups -OCH3 is 1. The van der Waals surface area contributed by atoms with Crippen LogP contribution in [-0.4, -0.2) is 25.0 Å². The monoisotopic (exact) mass is 282 g/mol. The van der Waals surface area contributed by atoms with E-state index in [0.717, 1.165) is 6.42 Å². The highest BCUT2D eigenvalue weighted by Gasteiger charge is 2.20. The number of rotatable bonds is 6. The number of hydrogen-bond acceptors (Lipinski definition) is 5. The summed E-state index contributed by atoms with van der Waals surface area (Å²) < 4.78 is 10.0. The summed E-state index contributed by atoms with van der Waals surface area (Å²) >= 11 is 0. The van der Waals surface area contributed by atoms with Gasteiger partial charge in [-0.1, -0.05) is 20.3 Å². The van der Waals surface area contributed by atoms with Crippen molar-refractivity contribution in [2.45, 2.75) is 39.8 Å². The molecular weight excluding hydrogens is 260 g/mol. The fraction of sp³-hybridized carbons (Fsp3) is 0.571. The summed E-state index contributed by atoms with van der Waals surface area (Å²) in [5.41, 5.74) is 6.19. The van der Waals surface area contributed by atoms with Crippen LogP contribution in [0, 0.1) is 12.8 Å². The Morgan fingerprint density at radius 1 is 1.50 bits per heavy atom. The molecule has 1 amide bonds. The summed E-state index contributed by atoms with van der Waals surface area (Å²) in [6, 6.07) is 1.02. The minimum Gasteiger partial charge on any atom is -0.465 e. The summed E-state index contributed by atoms with van der Waals surface area (Å²) in [5, 5.41) is 2.70. The standard InChI is InChI=1S/C14H22N2O4/c1-5-8(2)12(15)13(17)16-7-10-6-11(9(3)20-10)14(18)19-4/h6,8,12H,5,7,15H2,1-4H3,(H,16,17). The van der Waals surface area contributed by atoms with E-state index in [-0.39, 0.29) is 18.4 Å². The molecule has 2 unspecified atom stereocenters. The van der Waals surface area contributed by atoms with Gasteiger partial charge in [-0.2, -0.15) is 0 Å². The van der Waals surface area contributed by atoms with Crippen LogP contribution in [0.3, 0.4) is 0 Å². The second-order valence-electron chi connectivity index (χ2n) is 4.80. The summed E-state index contributed by atoms with van der Waals surface area (Å²) in [7, 11) is 1.31. The van der Waals surface area contributed by atoms with E-state index in [1.807, 2.05) is 13.8 Å². The number of esters is 1. The molecule has 0 fully saturated rings. The molecule has 112 valence electrons. The van der Waals surface area contributed by atoms with Gasteiger partial charge in [-0.3, -0.25) is 4.79 Å². The van der Waals surface area contributed by atoms with E-state index in [0.29, 0.717) is 17.1 Å². The SMILES string of the molecule is CCC(C)C(N)C(=O)NCc1cc(C(=O)OC)c(C)o1. The third kappa shape index (κ3) is 3.84. The van der Waals surface area contributed by atoms with Crippen LogP contribution in [0.4, 0.5) is 0 Å². The van der Waals surface area contributed by atoms with Gasteiger partial charge in [0.1, 0.15) is 17.1 Å². The van der Waals surface area contributed by atoms with Crippen LogP contribution >= 0.6 is 0 Å². The minimum absolute atomic E-state index is 0.110. The van der Waals surface area contributed by atoms with Gasteiger partial charge in [0.15, 0.2) is 0 Å². The molecule has 0 aliphatic heterocycles. The Hall–Kier alpha value is -1.82. The number of amides is 1. The second-order valence-corrected chi connectivity index (χ2v) is 4.80. The van der Waals surface area contributed by atoms with E-state index < -0.39 is 12.0 Å². The van der Waals surface area contributed by atoms with Crippen LogP contribution in [0.15, 0.2) is 10.5 Å². The van der Waals surface area contributed by atoms with Crippen LogP contribution in [-0.2, 0) is 16.1 Å². The van der Waals surface area contributed by atoms with E-state index in [2.05, 4.69) is 10.1 Å². The Labute approximate surface area is 118 Å². The lowest BCUT2D eigenvalue weighted by atomic mass is 9.99. The molecule has 6 nitrogen and oxygen atoms in total. The van der Waals surface area contributed by atoms with Gasteiger partial charge in [0.2, 0.25) is 5.91 Å². The van der Waals surface area contributed by atoms with Crippen molar-refractivity contribution in [3.8, 4) is 0 Å². The van der Waals surface area contributed by atoms with Crippen molar-refractivity contribution in [1.29, 1.82) is 0 Å². The van der Waals surface area contributed by atoms with Crippen molar-refractivity contribution >= 4 is 11.9 Å². The number of nitrogens with two attached hydrogens (primary N) is 1. The zero-order valence-corrected chi connectivity index (χ0v) is 12.4. The molecule has 0 saturated heterocycles. The smallest absolute Gasteiger partial charge is 0.341 e. The van der Waals surface area contributed by atoms with Gasteiger partial charge in [-0.15, -0.1) is 0 Å². The fourth-order valence-corrected chi connectivity index (χ4v) is 1.75. The number of hydrogen-bond donors (Lipinski definition) is 2. The molecule has 0 aliphatic rings. The Bertz CT molecular complexity index is 482. The van der Waals surface area contributed by atoms with Crippen molar-refractivity contribution in [1.82, 2.24) is 5.32 Å². The van der Waals surface area contributed by atoms with E-state index >= 15 is 0 Å². The highest BCUT2D eigenvalue weighted by atomic mass is 16.5. The lowest BCUT2D eigenvalue weighted by Crippen LogP contribution is -2.44. The zero-order chi connectivity index (χ0) is 15.3. The molecule has 0 aromatic carbocycles. The van der Waals surface area contributed by atoms with E-state index in [4.69, 9.17) is 10.2 Å². The van der Waals surface area contributed by atoms with Crippen LogP contribution in [0.2, 0.25) is 0 Å². The predicted octanol–water partition coefficient (Wildman–Crippen LogP) is 1.36. The fourth-order valence-electron chi connectivity index (χ4n) is 1.75. The van der Waals surface area contributed by atoms with Gasteiger partial charge >= 0.3 is 5.97 Å². The molecule has 0 bridgehead atoms. The van der Waals surface area contributed by atoms with E-state index in [1.54, 1.807) is 13.0 Å². The lowest BCUT2D eigenvalue weighted by molar-refractivity contribution is -0.123. The predicted molar refractivity (Wildman–Crippen MR) is 74.1 cm³/mol. The number of ether oxygens (including phenoxy) is 1. The van der Waals surface area contributed by atoms with Crippen molar-refractivity contribution in [2.75, 3.05) is 7.11 Å². The summed E-state index contributed by atoms with van der Waals surface area (Å²) in [6.07, 6.45) is 0.834. The number of nitrogens with one attached hydrogen (secondary N) is 1. The normalized spacial score (nSPS) is 13.7. The summed E-state index contributed by atoms with van der Waals surface area (Å²) in [4.78, 5) is 23.3. The summed E-state index contributed by atoms with van der Waals surface area (Å²) in [5.74, 6) is 0.382. The molecule has 3 N–H and O–H groups in total. The van der Waals surface area contributed by atoms with Crippen molar-refractivity contribution in [2.24, 2.45) is 11.7 Å². The van der Waals surface area contributed by atoms with Crippen molar-refractivity contribution in [3.05, 3.63) is 23.2 Å². The van der Waals surface area contributed by atoms with Gasteiger partial charge in [-0.05, 0) is 18.9 Å². The molecule has 1 aromatic rings. The van der Waals surface area contributed by atoms with Gasteiger partial charge in [0, 0.05) is 0 Å². The van der Waals surface area contributed by atoms with E-state index in [9.17, 15) is 9.59 Å². The molecule has 0 radical (unpaired) electrons. The Morgan fingerprint density at radius 3 is 2.70 bits per heavy atom. The van der Waals surface area contributed by atoms with Crippen LogP contribution in [0.25, 0.3) is 0 Å². The number of carbonyl (C=O) groups excluding carboxylic acids is 2. The Balaban J connectivity index is 2.62. The molecule has 1 heterocycles. The van der Waals surface area contributed by atoms with Gasteiger partial charge in [0.25, 0.3) is 0 Å². The molecule has 0 spiro atoms. The third-order valence-corrected chi connectivity index (χ3v) is 3.37. The Kier molecular flexibility index (Phi) is 5.76. The van der Waals surface area contributed by atoms with Gasteiger partial charge < -0.3 is 20.2 Å². The Morgan fingerprint density at radius 2 is 2.15 bits per heavy atom. The average molecular weight is 282 g/mol. The molecule has 1 aromatic heterocycles. The lowest BCUT2D eigenvalue weighted by Gasteiger charge is -2.17. The number of aryl methyl sites for hydroxylation is 1. The minimum atomic E-state index is -0.545. The van der Waals surface area contributed by atoms with Crippen LogP contribution in [0.1, 0.15) is 42.1 Å². The first kappa shape index (κ1) is 16.2. The molecular formula is C14H22N2O4. The quantitative estimate of drug-likeness (QED) is 0.768. The largest absolute Gasteiger partial charge is 0.465 e. The first-order valence-corrected chi connectivity index (χ1v) is 6.61. The average Bonchev–Trinajstić information content (AvgIpc) is 2.83. The van der Waals surface area contributed by atoms with Gasteiger partial charge in [0.05, 0.1) is 19.7 Å². The topological polar surface area (TPSA) is 94.6 Å². The van der Waals surface area contributed by atoms with Crippen LogP contribution < -0.4 is 11.1 Å². The number of furan rings is 1. The second kappa shape index (κ2) is 7.09. The molecule has 0 saturated carbocycles. The van der Waals surface area contributed by atoms with Crippen molar-refractivity contribution < 1.29 is 18.7 Å². The molecule has 6 heteroatoms. The first-order chi connectivity index (χ1) is 9.40. The van der Waals surface area contributed by atoms with Gasteiger partial charge in [-0.25, -0.2) is 4.79 Å². The maximum Gasteiger partial charge on any atom is 0.341 e. The van der Waals surface area contributed by atoms with E-state index in [1.165, 1.54) is 7.11 Å². The highest BCUT2D eigenvalue weighted by molar-refractivity contribution is 5.90. The molecule has 20 heavy (non-hydrogen) atoms. The van der Waals surface area contributed by atoms with Crippen molar-refractivity contribution in [3.63, 3.8) is 0 Å². The maximum atomic E-state index is 11.8. The maximum absolute atomic E-state index is 11.8. The number of carbonyl (C=O) groups is 2.